The van der Waals surface area contributed by atoms with Crippen molar-refractivity contribution in [1.82, 2.24) is 0 Å². The fraction of sp³-hybridized carbons (Fsp3) is 0.375. The number of hydrogen-bond donors (Lipinski definition) is 1. The summed E-state index contributed by atoms with van der Waals surface area (Å²) in [5.74, 6) is 0. The Labute approximate surface area is 70.9 Å². The van der Waals surface area contributed by atoms with Crippen LogP contribution in [0.25, 0.3) is 0 Å². The SMILES string of the molecule is CC1=CC(Cl)=CC(N)(C#N)C1. The van der Waals surface area contributed by atoms with Gasteiger partial charge >= 0.3 is 0 Å². The van der Waals surface area contributed by atoms with Crippen LogP contribution in [-0.2, 0) is 0 Å². The minimum absolute atomic E-state index is 0.554. The Kier molecular flexibility index (Phi) is 2.03. The molecule has 0 saturated heterocycles. The molecule has 0 aromatic heterocycles. The van der Waals surface area contributed by atoms with Crippen LogP contribution in [0.4, 0.5) is 0 Å². The standard InChI is InChI=1S/C8H9ClN2/c1-6-2-7(9)4-8(11,3-6)5-10/h2,4H,3,11H2,1H3. The highest BCUT2D eigenvalue weighted by molar-refractivity contribution is 6.31. The summed E-state index contributed by atoms with van der Waals surface area (Å²) < 4.78 is 0. The Bertz CT molecular complexity index is 272. The molecule has 1 atom stereocenters. The zero-order valence-electron chi connectivity index (χ0n) is 6.26. The first-order valence-corrected chi connectivity index (χ1v) is 3.69. The summed E-state index contributed by atoms with van der Waals surface area (Å²) in [4.78, 5) is 0. The average molecular weight is 169 g/mol. The Morgan fingerprint density at radius 2 is 2.45 bits per heavy atom. The molecule has 0 radical (unpaired) electrons. The molecule has 1 unspecified atom stereocenters. The van der Waals surface area contributed by atoms with Crippen molar-refractivity contribution in [2.45, 2.75) is 18.9 Å². The van der Waals surface area contributed by atoms with Gasteiger partial charge in [-0.05, 0) is 19.1 Å². The highest BCUT2D eigenvalue weighted by Crippen LogP contribution is 2.25. The number of hydrogen-bond acceptors (Lipinski definition) is 2. The van der Waals surface area contributed by atoms with Crippen LogP contribution in [0.1, 0.15) is 13.3 Å². The minimum atomic E-state index is -0.893. The average Bonchev–Trinajstić information content (AvgIpc) is 1.84. The lowest BCUT2D eigenvalue weighted by Crippen LogP contribution is -2.37. The Balaban J connectivity index is 2.98. The summed E-state index contributed by atoms with van der Waals surface area (Å²) in [6, 6.07) is 2.02. The van der Waals surface area contributed by atoms with Gasteiger partial charge in [0.2, 0.25) is 0 Å². The molecule has 0 spiro atoms. The van der Waals surface area contributed by atoms with Crippen molar-refractivity contribution in [1.29, 1.82) is 5.26 Å². The van der Waals surface area contributed by atoms with Gasteiger partial charge in [0.1, 0.15) is 5.54 Å². The van der Waals surface area contributed by atoms with Gasteiger partial charge in [0, 0.05) is 11.5 Å². The lowest BCUT2D eigenvalue weighted by Gasteiger charge is -2.21. The number of halogens is 1. The number of nitriles is 1. The van der Waals surface area contributed by atoms with Crippen molar-refractivity contribution < 1.29 is 0 Å². The molecular weight excluding hydrogens is 160 g/mol. The Morgan fingerprint density at radius 3 is 2.91 bits per heavy atom. The van der Waals surface area contributed by atoms with E-state index in [2.05, 4.69) is 0 Å². The van der Waals surface area contributed by atoms with E-state index in [4.69, 9.17) is 22.6 Å². The molecule has 0 saturated carbocycles. The smallest absolute Gasteiger partial charge is 0.128 e. The monoisotopic (exact) mass is 168 g/mol. The summed E-state index contributed by atoms with van der Waals surface area (Å²) in [6.07, 6.45) is 3.98. The summed E-state index contributed by atoms with van der Waals surface area (Å²) in [5, 5.41) is 9.23. The molecule has 0 fully saturated rings. The largest absolute Gasteiger partial charge is 0.310 e. The molecule has 1 aliphatic carbocycles. The van der Waals surface area contributed by atoms with E-state index in [0.29, 0.717) is 11.5 Å². The molecule has 0 bridgehead atoms. The van der Waals surface area contributed by atoms with E-state index in [-0.39, 0.29) is 0 Å². The quantitative estimate of drug-likeness (QED) is 0.599. The fourth-order valence-electron chi connectivity index (χ4n) is 1.16. The predicted octanol–water partition coefficient (Wildman–Crippen LogP) is 1.68. The van der Waals surface area contributed by atoms with Gasteiger partial charge in [0.25, 0.3) is 0 Å². The molecule has 2 nitrogen and oxygen atoms in total. The van der Waals surface area contributed by atoms with Gasteiger partial charge in [0.15, 0.2) is 0 Å². The van der Waals surface area contributed by atoms with Gasteiger partial charge in [0.05, 0.1) is 6.07 Å². The third-order valence-corrected chi connectivity index (χ3v) is 1.78. The van der Waals surface area contributed by atoms with Gasteiger partial charge in [-0.3, -0.25) is 0 Å². The molecule has 1 rings (SSSR count). The van der Waals surface area contributed by atoms with Crippen molar-refractivity contribution in [2.24, 2.45) is 5.73 Å². The van der Waals surface area contributed by atoms with Crippen LogP contribution in [0.15, 0.2) is 22.8 Å². The van der Waals surface area contributed by atoms with Crippen LogP contribution < -0.4 is 5.73 Å². The van der Waals surface area contributed by atoms with Gasteiger partial charge < -0.3 is 5.73 Å². The lowest BCUT2D eigenvalue weighted by atomic mass is 9.89. The van der Waals surface area contributed by atoms with Crippen LogP contribution in [0.5, 0.6) is 0 Å². The second kappa shape index (κ2) is 2.69. The van der Waals surface area contributed by atoms with E-state index in [1.54, 1.807) is 6.08 Å². The minimum Gasteiger partial charge on any atom is -0.310 e. The molecule has 0 amide bonds. The van der Waals surface area contributed by atoms with E-state index in [9.17, 15) is 0 Å². The van der Waals surface area contributed by atoms with Crippen LogP contribution in [0, 0.1) is 11.3 Å². The lowest BCUT2D eigenvalue weighted by molar-refractivity contribution is 0.650. The summed E-state index contributed by atoms with van der Waals surface area (Å²) >= 11 is 5.73. The topological polar surface area (TPSA) is 49.8 Å². The van der Waals surface area contributed by atoms with E-state index in [1.165, 1.54) is 0 Å². The fourth-order valence-corrected chi connectivity index (χ4v) is 1.54. The highest BCUT2D eigenvalue weighted by atomic mass is 35.5. The first-order valence-electron chi connectivity index (χ1n) is 3.31. The molecular formula is C8H9ClN2. The van der Waals surface area contributed by atoms with E-state index in [1.807, 2.05) is 19.1 Å². The first-order chi connectivity index (χ1) is 5.06. The van der Waals surface area contributed by atoms with Crippen LogP contribution >= 0.6 is 11.6 Å². The molecule has 2 N–H and O–H groups in total. The van der Waals surface area contributed by atoms with Crippen molar-refractivity contribution >= 4 is 11.6 Å². The summed E-state index contributed by atoms with van der Waals surface area (Å²) in [5.41, 5.74) is 5.83. The molecule has 0 aromatic carbocycles. The van der Waals surface area contributed by atoms with Crippen molar-refractivity contribution in [2.75, 3.05) is 0 Å². The maximum atomic E-state index is 8.68. The van der Waals surface area contributed by atoms with E-state index in [0.717, 1.165) is 5.57 Å². The van der Waals surface area contributed by atoms with Crippen molar-refractivity contribution in [3.63, 3.8) is 0 Å². The second-order valence-corrected chi connectivity index (χ2v) is 3.29. The Morgan fingerprint density at radius 1 is 1.82 bits per heavy atom. The van der Waals surface area contributed by atoms with Crippen molar-refractivity contribution in [3.05, 3.63) is 22.8 Å². The third kappa shape index (κ3) is 1.83. The molecule has 11 heavy (non-hydrogen) atoms. The molecule has 3 heteroatoms. The maximum Gasteiger partial charge on any atom is 0.128 e. The molecule has 0 aliphatic heterocycles. The zero-order chi connectivity index (χ0) is 8.48. The third-order valence-electron chi connectivity index (χ3n) is 1.56. The van der Waals surface area contributed by atoms with Gasteiger partial charge in [-0.15, -0.1) is 0 Å². The molecule has 0 aromatic rings. The predicted molar refractivity (Wildman–Crippen MR) is 44.8 cm³/mol. The van der Waals surface area contributed by atoms with Crippen LogP contribution in [0.2, 0.25) is 0 Å². The summed E-state index contributed by atoms with van der Waals surface area (Å²) in [6.45, 7) is 1.91. The van der Waals surface area contributed by atoms with Crippen LogP contribution in [-0.4, -0.2) is 5.54 Å². The van der Waals surface area contributed by atoms with Crippen LogP contribution in [0.3, 0.4) is 0 Å². The zero-order valence-corrected chi connectivity index (χ0v) is 7.02. The normalized spacial score (nSPS) is 30.4. The van der Waals surface area contributed by atoms with Gasteiger partial charge in [-0.1, -0.05) is 17.2 Å². The van der Waals surface area contributed by atoms with Gasteiger partial charge in [-0.2, -0.15) is 5.26 Å². The number of nitrogens with two attached hydrogens (primary N) is 1. The molecule has 58 valence electrons. The van der Waals surface area contributed by atoms with E-state index < -0.39 is 5.54 Å². The molecule has 0 heterocycles. The highest BCUT2D eigenvalue weighted by Gasteiger charge is 2.25. The number of allylic oxidation sites excluding steroid dienone is 2. The summed E-state index contributed by atoms with van der Waals surface area (Å²) in [7, 11) is 0. The van der Waals surface area contributed by atoms with E-state index >= 15 is 0 Å². The Hall–Kier alpha value is -0.780. The molecule has 1 aliphatic rings. The van der Waals surface area contributed by atoms with Crippen molar-refractivity contribution in [3.8, 4) is 6.07 Å². The number of rotatable bonds is 0. The first kappa shape index (κ1) is 8.32. The maximum absolute atomic E-state index is 8.68. The second-order valence-electron chi connectivity index (χ2n) is 2.85. The van der Waals surface area contributed by atoms with Gasteiger partial charge in [-0.25, -0.2) is 0 Å². The number of nitrogens with zero attached hydrogens (tertiary/aromatic N) is 1.